The molecule has 4 atom stereocenters. The Balaban J connectivity index is 1.35. The number of methoxy groups -OCH3 is 2. The first-order valence-electron chi connectivity index (χ1n) is 17.9. The minimum atomic E-state index is -1.28. The molecule has 0 spiro atoms. The lowest BCUT2D eigenvalue weighted by Crippen LogP contribution is -2.52. The van der Waals surface area contributed by atoms with Crippen LogP contribution in [0.25, 0.3) is 10.9 Å². The molecule has 0 radical (unpaired) electrons. The number of aryl methyl sites for hydroxylation is 1. The predicted molar refractivity (Wildman–Crippen MR) is 194 cm³/mol. The third-order valence-electron chi connectivity index (χ3n) is 10.3. The van der Waals surface area contributed by atoms with Crippen molar-refractivity contribution in [3.05, 3.63) is 53.4 Å². The van der Waals surface area contributed by atoms with Gasteiger partial charge in [0.25, 0.3) is 5.91 Å². The van der Waals surface area contributed by atoms with Crippen molar-refractivity contribution in [2.24, 2.45) is 5.92 Å². The first-order valence-corrected chi connectivity index (χ1v) is 19.0. The molecule has 14 heteroatoms. The lowest BCUT2D eigenvalue weighted by Gasteiger charge is -2.27. The van der Waals surface area contributed by atoms with Gasteiger partial charge in [0.05, 0.1) is 31.6 Å². The molecule has 13 nitrogen and oxygen atoms in total. The molecule has 2 N–H and O–H groups in total. The molecule has 3 heterocycles. The molecule has 0 bridgehead atoms. The fourth-order valence-corrected chi connectivity index (χ4v) is 7.66. The number of nitrogens with zero attached hydrogens (tertiary/aromatic N) is 2. The highest BCUT2D eigenvalue weighted by molar-refractivity contribution is 9.09. The van der Waals surface area contributed by atoms with Gasteiger partial charge < -0.3 is 34.5 Å². The predicted octanol–water partition coefficient (Wildman–Crippen LogP) is 5.21. The maximum atomic E-state index is 14.5. The molecular formula is C38H45BrN4O9. The zero-order chi connectivity index (χ0) is 37.0. The van der Waals surface area contributed by atoms with Crippen LogP contribution in [0, 0.1) is 12.8 Å². The molecule has 2 fully saturated rings. The van der Waals surface area contributed by atoms with Gasteiger partial charge in [-0.2, -0.15) is 0 Å². The largest absolute Gasteiger partial charge is 0.496 e. The zero-order valence-corrected chi connectivity index (χ0v) is 31.3. The Labute approximate surface area is 311 Å². The second-order valence-corrected chi connectivity index (χ2v) is 14.4. The Bertz CT molecular complexity index is 1810. The van der Waals surface area contributed by atoms with Gasteiger partial charge in [0.1, 0.15) is 46.7 Å². The van der Waals surface area contributed by atoms with Gasteiger partial charge in [0.15, 0.2) is 5.78 Å². The van der Waals surface area contributed by atoms with E-state index in [1.165, 1.54) is 18.1 Å². The number of carbonyl (C=O) groups excluding carboxylic acids is 5. The lowest BCUT2D eigenvalue weighted by molar-refractivity contribution is -0.146. The van der Waals surface area contributed by atoms with Crippen LogP contribution in [0.15, 0.2) is 42.1 Å². The zero-order valence-electron chi connectivity index (χ0n) is 29.7. The molecule has 2 saturated carbocycles. The van der Waals surface area contributed by atoms with Gasteiger partial charge in [0.2, 0.25) is 5.91 Å². The first-order chi connectivity index (χ1) is 25.1. The summed E-state index contributed by atoms with van der Waals surface area (Å²) in [5.41, 5.74) is 0.0892. The number of pyridine rings is 1. The number of rotatable bonds is 8. The van der Waals surface area contributed by atoms with Gasteiger partial charge >= 0.3 is 12.1 Å². The SMILES string of the molecule is COC(=O)[C@@]12CC1/C=C\CCCCC[C@H](NC(=O)OC1CCCC1)C(=O)N1C[C@H](Oc3cc(C(=O)CBr)nc4c(C)c(OC)ccc34)C=C1C(=O)N2. The number of hydrogen-bond acceptors (Lipinski definition) is 10. The maximum Gasteiger partial charge on any atom is 0.408 e. The molecule has 1 unspecified atom stereocenters. The minimum Gasteiger partial charge on any atom is -0.496 e. The van der Waals surface area contributed by atoms with E-state index in [0.29, 0.717) is 47.2 Å². The number of ether oxygens (including phenoxy) is 4. The standard InChI is InChI=1S/C38H45BrN4O9/c1-22-31(49-2)16-15-26-32(18-28(30(44)20-39)40-33(22)26)51-25-17-29-34(45)42-38(36(47)50-3)19-23(38)11-7-5-4-6-8-14-27(35(46)43(29)21-25)41-37(48)52-24-12-9-10-13-24/h7,11,15-18,23-25,27H,4-6,8-10,12-14,19-21H2,1-3H3,(H,41,48)(H,42,45)/b11-7-/t23?,25-,27+,38-/m1/s1. The Morgan fingerprint density at radius 3 is 2.56 bits per heavy atom. The number of alkyl carbamates (subject to hydrolysis) is 1. The number of Topliss-reactive ketones (excluding diaryl/α,β-unsaturated/α-hetero) is 1. The molecule has 6 rings (SSSR count). The summed E-state index contributed by atoms with van der Waals surface area (Å²) in [4.78, 5) is 73.5. The lowest BCUT2D eigenvalue weighted by atomic mass is 10.1. The number of aromatic nitrogens is 1. The van der Waals surface area contributed by atoms with Gasteiger partial charge in [-0.05, 0) is 76.5 Å². The molecule has 1 aromatic heterocycles. The molecular weight excluding hydrogens is 736 g/mol. The second kappa shape index (κ2) is 16.1. The van der Waals surface area contributed by atoms with Gasteiger partial charge in [-0.15, -0.1) is 0 Å². The Kier molecular flexibility index (Phi) is 11.5. The smallest absolute Gasteiger partial charge is 0.408 e. The van der Waals surface area contributed by atoms with Crippen molar-refractivity contribution in [3.8, 4) is 11.5 Å². The Morgan fingerprint density at radius 2 is 1.83 bits per heavy atom. The first kappa shape index (κ1) is 37.3. The van der Waals surface area contributed by atoms with Crippen LogP contribution in [-0.2, 0) is 23.9 Å². The highest BCUT2D eigenvalue weighted by atomic mass is 79.9. The molecule has 0 saturated heterocycles. The third-order valence-corrected chi connectivity index (χ3v) is 10.9. The van der Waals surface area contributed by atoms with E-state index >= 15 is 0 Å². The fourth-order valence-electron chi connectivity index (χ4n) is 7.37. The fraction of sp³-hybridized carbons (Fsp3) is 0.526. The van der Waals surface area contributed by atoms with Crippen LogP contribution >= 0.6 is 15.9 Å². The number of allylic oxidation sites excluding steroid dienone is 1. The number of carbonyl (C=O) groups is 5. The number of fused-ring (bicyclic) bond motifs is 3. The number of amides is 3. The van der Waals surface area contributed by atoms with Crippen LogP contribution in [0.5, 0.6) is 11.5 Å². The Hall–Kier alpha value is -4.46. The molecule has 4 aliphatic rings. The summed E-state index contributed by atoms with van der Waals surface area (Å²) in [5, 5.41) is 6.33. The van der Waals surface area contributed by atoms with E-state index in [1.807, 2.05) is 19.1 Å². The Morgan fingerprint density at radius 1 is 1.06 bits per heavy atom. The molecule has 2 aromatic rings. The van der Waals surface area contributed by atoms with E-state index < -0.39 is 41.6 Å². The van der Waals surface area contributed by atoms with Crippen molar-refractivity contribution in [1.29, 1.82) is 0 Å². The average Bonchev–Trinajstić information content (AvgIpc) is 3.42. The van der Waals surface area contributed by atoms with Gasteiger partial charge in [-0.1, -0.05) is 40.9 Å². The minimum absolute atomic E-state index is 0.0216. The molecule has 2 aliphatic carbocycles. The number of nitrogens with one attached hydrogen (secondary N) is 2. The van der Waals surface area contributed by atoms with Crippen LogP contribution in [-0.4, -0.2) is 89.4 Å². The summed E-state index contributed by atoms with van der Waals surface area (Å²) < 4.78 is 22.8. The average molecular weight is 782 g/mol. The number of ketones is 1. The quantitative estimate of drug-likeness (QED) is 0.158. The van der Waals surface area contributed by atoms with Gasteiger partial charge in [-0.3, -0.25) is 14.4 Å². The van der Waals surface area contributed by atoms with Crippen molar-refractivity contribution < 1.29 is 42.9 Å². The second-order valence-electron chi connectivity index (χ2n) is 13.8. The van der Waals surface area contributed by atoms with E-state index in [0.717, 1.165) is 44.9 Å². The number of alkyl halides is 1. The van der Waals surface area contributed by atoms with Crippen LogP contribution in [0.2, 0.25) is 0 Å². The summed E-state index contributed by atoms with van der Waals surface area (Å²) in [5.74, 6) is -1.34. The monoisotopic (exact) mass is 780 g/mol. The van der Waals surface area contributed by atoms with Crippen molar-refractivity contribution in [2.75, 3.05) is 26.1 Å². The van der Waals surface area contributed by atoms with E-state index in [1.54, 1.807) is 25.3 Å². The molecule has 3 amide bonds. The molecule has 52 heavy (non-hydrogen) atoms. The van der Waals surface area contributed by atoms with Crippen molar-refractivity contribution >= 4 is 56.5 Å². The highest BCUT2D eigenvalue weighted by Crippen LogP contribution is 2.46. The summed E-state index contributed by atoms with van der Waals surface area (Å²) in [6.45, 7) is 1.76. The normalized spacial score (nSPS) is 25.8. The molecule has 1 aromatic carbocycles. The highest BCUT2D eigenvalue weighted by Gasteiger charge is 2.61. The van der Waals surface area contributed by atoms with Crippen LogP contribution in [0.1, 0.15) is 80.3 Å². The number of esters is 1. The van der Waals surface area contributed by atoms with E-state index in [9.17, 15) is 24.0 Å². The summed E-state index contributed by atoms with van der Waals surface area (Å²) in [6, 6.07) is 4.13. The van der Waals surface area contributed by atoms with E-state index in [4.69, 9.17) is 18.9 Å². The number of hydrogen-bond donors (Lipinski definition) is 2. The third kappa shape index (κ3) is 7.81. The summed E-state index contributed by atoms with van der Waals surface area (Å²) in [7, 11) is 2.83. The van der Waals surface area contributed by atoms with Crippen LogP contribution in [0.4, 0.5) is 4.79 Å². The molecule has 2 aliphatic heterocycles. The topological polar surface area (TPSA) is 162 Å². The van der Waals surface area contributed by atoms with Gasteiger partial charge in [-0.25, -0.2) is 14.6 Å². The van der Waals surface area contributed by atoms with Crippen molar-refractivity contribution in [1.82, 2.24) is 20.5 Å². The summed E-state index contributed by atoms with van der Waals surface area (Å²) >= 11 is 3.23. The van der Waals surface area contributed by atoms with E-state index in [2.05, 4.69) is 31.5 Å². The van der Waals surface area contributed by atoms with E-state index in [-0.39, 0.29) is 41.1 Å². The number of benzene rings is 1. The number of halogens is 1. The van der Waals surface area contributed by atoms with Crippen molar-refractivity contribution in [3.63, 3.8) is 0 Å². The summed E-state index contributed by atoms with van der Waals surface area (Å²) in [6.07, 6.45) is 11.1. The van der Waals surface area contributed by atoms with Crippen LogP contribution in [0.3, 0.4) is 0 Å². The van der Waals surface area contributed by atoms with Crippen LogP contribution < -0.4 is 20.1 Å². The maximum absolute atomic E-state index is 14.5. The molecule has 278 valence electrons. The van der Waals surface area contributed by atoms with Crippen molar-refractivity contribution in [2.45, 2.75) is 94.9 Å². The van der Waals surface area contributed by atoms with Gasteiger partial charge in [0, 0.05) is 22.9 Å².